The van der Waals surface area contributed by atoms with Crippen LogP contribution < -0.4 is 11.1 Å². The number of rotatable bonds is 8. The van der Waals surface area contributed by atoms with Gasteiger partial charge < -0.3 is 30.7 Å². The number of hydrogen-bond donors (Lipinski definition) is 4. The number of anilines is 1. The summed E-state index contributed by atoms with van der Waals surface area (Å²) in [6.45, 7) is 3.01. The molecule has 12 heteroatoms. The average molecular weight is 509 g/mol. The molecule has 1 aliphatic rings. The van der Waals surface area contributed by atoms with Gasteiger partial charge in [0.1, 0.15) is 30.1 Å². The van der Waals surface area contributed by atoms with Crippen molar-refractivity contribution in [1.29, 1.82) is 5.26 Å². The van der Waals surface area contributed by atoms with E-state index in [1.54, 1.807) is 30.3 Å². The number of aliphatic hydroxyl groups is 2. The van der Waals surface area contributed by atoms with Gasteiger partial charge in [-0.1, -0.05) is 44.2 Å². The van der Waals surface area contributed by atoms with Crippen LogP contribution >= 0.6 is 0 Å². The monoisotopic (exact) mass is 508 g/mol. The molecule has 2 aromatic heterocycles. The fraction of sp³-hybridized carbons (Fsp3) is 0.400. The molecule has 37 heavy (non-hydrogen) atoms. The van der Waals surface area contributed by atoms with Gasteiger partial charge in [0.05, 0.1) is 24.8 Å². The smallest absolute Gasteiger partial charge is 0.310 e. The molecular formula is C25H28N6O6. The number of carbonyl (C=O) groups is 2. The molecule has 5 atom stereocenters. The number of esters is 1. The number of nitrogens with zero attached hydrogens (tertiary/aromatic N) is 4. The van der Waals surface area contributed by atoms with Gasteiger partial charge in [0.15, 0.2) is 11.9 Å². The number of aromatic nitrogens is 3. The molecule has 0 radical (unpaired) electrons. The Kier molecular flexibility index (Phi) is 7.51. The van der Waals surface area contributed by atoms with E-state index in [9.17, 15) is 25.1 Å². The maximum atomic E-state index is 12.6. The van der Waals surface area contributed by atoms with E-state index in [1.165, 1.54) is 16.9 Å². The first-order valence-corrected chi connectivity index (χ1v) is 11.7. The number of nitrogens with one attached hydrogen (secondary N) is 1. The van der Waals surface area contributed by atoms with Crippen LogP contribution in [-0.2, 0) is 31.1 Å². The van der Waals surface area contributed by atoms with Crippen LogP contribution in [0.15, 0.2) is 48.8 Å². The van der Waals surface area contributed by atoms with Gasteiger partial charge in [-0.3, -0.25) is 9.59 Å². The molecule has 194 valence electrons. The summed E-state index contributed by atoms with van der Waals surface area (Å²) in [7, 11) is 0. The summed E-state index contributed by atoms with van der Waals surface area (Å²) < 4.78 is 12.6. The number of carbonyl (C=O) groups excluding carboxylic acids is 2. The van der Waals surface area contributed by atoms with Gasteiger partial charge in [-0.2, -0.15) is 10.4 Å². The lowest BCUT2D eigenvalue weighted by Crippen LogP contribution is -2.43. The number of nitrogens with two attached hydrogens (primary N) is 1. The molecule has 1 aliphatic heterocycles. The second-order valence-corrected chi connectivity index (χ2v) is 9.13. The van der Waals surface area contributed by atoms with Crippen molar-refractivity contribution in [3.63, 3.8) is 0 Å². The predicted octanol–water partition coefficient (Wildman–Crippen LogP) is 0.276. The number of fused-ring (bicyclic) bond motifs is 1. The third-order valence-corrected chi connectivity index (χ3v) is 6.33. The topological polar surface area (TPSA) is 185 Å². The first-order valence-electron chi connectivity index (χ1n) is 11.7. The van der Waals surface area contributed by atoms with Crippen LogP contribution in [-0.4, -0.2) is 67.6 Å². The third-order valence-electron chi connectivity index (χ3n) is 6.33. The Bertz CT molecular complexity index is 1320. The van der Waals surface area contributed by atoms with E-state index < -0.39 is 48.4 Å². The fourth-order valence-electron chi connectivity index (χ4n) is 4.22. The normalized spacial score (nSPS) is 24.1. The van der Waals surface area contributed by atoms with E-state index in [1.807, 2.05) is 26.0 Å². The minimum absolute atomic E-state index is 0.0649. The zero-order chi connectivity index (χ0) is 26.7. The molecule has 1 aromatic carbocycles. The van der Waals surface area contributed by atoms with Crippen LogP contribution in [0.1, 0.15) is 25.1 Å². The Labute approximate surface area is 212 Å². The Morgan fingerprint density at radius 2 is 2.03 bits per heavy atom. The van der Waals surface area contributed by atoms with Crippen LogP contribution in [0.5, 0.6) is 0 Å². The van der Waals surface area contributed by atoms with Crippen LogP contribution in [0.4, 0.5) is 5.82 Å². The molecule has 3 aromatic rings. The number of aliphatic hydroxyl groups excluding tert-OH is 2. The molecule has 0 spiro atoms. The number of amides is 1. The largest absolute Gasteiger partial charge is 0.456 e. The summed E-state index contributed by atoms with van der Waals surface area (Å²) in [5.41, 5.74) is 5.01. The Balaban J connectivity index is 1.64. The van der Waals surface area contributed by atoms with E-state index >= 15 is 0 Å². The maximum Gasteiger partial charge on any atom is 0.310 e. The summed E-state index contributed by atoms with van der Waals surface area (Å²) in [5.74, 6) is -1.07. The molecule has 1 fully saturated rings. The highest BCUT2D eigenvalue weighted by Crippen LogP contribution is 2.41. The van der Waals surface area contributed by atoms with Gasteiger partial charge in [-0.25, -0.2) is 9.50 Å². The molecule has 12 nitrogen and oxygen atoms in total. The van der Waals surface area contributed by atoms with Crippen LogP contribution in [0.25, 0.3) is 5.52 Å². The summed E-state index contributed by atoms with van der Waals surface area (Å²) in [6, 6.07) is 13.1. The number of ether oxygens (including phenoxy) is 2. The Morgan fingerprint density at radius 3 is 2.68 bits per heavy atom. The van der Waals surface area contributed by atoms with Gasteiger partial charge in [-0.05, 0) is 23.6 Å². The standard InChI is InChI=1S/C25H28N6O6/c1-14(2)20(27)24(35)30-23-16-8-9-18(31(16)29-13-28-23)25(12-26)22(34)21(17(11-32)37-25)36-19(33)10-15-6-4-3-5-7-15/h3-9,13-14,17,20-22,32,34H,10-11,27H2,1-2H3,(H,28,29,30,35)/t17-,20?,21-,22-,25+/m1/s1. The van der Waals surface area contributed by atoms with Crippen molar-refractivity contribution in [2.24, 2.45) is 11.7 Å². The quantitative estimate of drug-likeness (QED) is 0.308. The fourth-order valence-corrected chi connectivity index (χ4v) is 4.22. The van der Waals surface area contributed by atoms with E-state index in [-0.39, 0.29) is 23.9 Å². The van der Waals surface area contributed by atoms with Crippen LogP contribution in [0.3, 0.4) is 0 Å². The van der Waals surface area contributed by atoms with Crippen molar-refractivity contribution in [3.8, 4) is 6.07 Å². The summed E-state index contributed by atoms with van der Waals surface area (Å²) in [5, 5.41) is 38.1. The van der Waals surface area contributed by atoms with Crippen molar-refractivity contribution in [2.75, 3.05) is 11.9 Å². The van der Waals surface area contributed by atoms with Gasteiger partial charge >= 0.3 is 5.97 Å². The molecule has 3 heterocycles. The SMILES string of the molecule is CC(C)C(N)C(=O)Nc1ncnn2c([C@]3(C#N)O[C@H](CO)[C@@H](OC(=O)Cc4ccccc4)[C@H]3O)ccc12. The lowest BCUT2D eigenvalue weighted by Gasteiger charge is -2.25. The third kappa shape index (κ3) is 4.90. The minimum atomic E-state index is -2.04. The summed E-state index contributed by atoms with van der Waals surface area (Å²) >= 11 is 0. The zero-order valence-corrected chi connectivity index (χ0v) is 20.3. The molecule has 1 saturated heterocycles. The van der Waals surface area contributed by atoms with Crippen molar-refractivity contribution >= 4 is 23.2 Å². The maximum absolute atomic E-state index is 12.6. The molecule has 0 bridgehead atoms. The van der Waals surface area contributed by atoms with Crippen molar-refractivity contribution in [3.05, 3.63) is 60.0 Å². The molecule has 0 aliphatic carbocycles. The number of benzene rings is 1. The van der Waals surface area contributed by atoms with Gasteiger partial charge in [0.2, 0.25) is 11.5 Å². The van der Waals surface area contributed by atoms with E-state index in [4.69, 9.17) is 15.2 Å². The van der Waals surface area contributed by atoms with Crippen LogP contribution in [0.2, 0.25) is 0 Å². The lowest BCUT2D eigenvalue weighted by atomic mass is 9.92. The second kappa shape index (κ2) is 10.6. The van der Waals surface area contributed by atoms with Crippen molar-refractivity contribution < 1.29 is 29.3 Å². The van der Waals surface area contributed by atoms with Crippen molar-refractivity contribution in [1.82, 2.24) is 14.6 Å². The molecule has 4 rings (SSSR count). The van der Waals surface area contributed by atoms with E-state index in [0.717, 1.165) is 0 Å². The number of hydrogen-bond acceptors (Lipinski definition) is 10. The molecule has 5 N–H and O–H groups in total. The molecular weight excluding hydrogens is 480 g/mol. The predicted molar refractivity (Wildman–Crippen MR) is 130 cm³/mol. The highest BCUT2D eigenvalue weighted by atomic mass is 16.6. The molecule has 0 saturated carbocycles. The first-order chi connectivity index (χ1) is 17.7. The minimum Gasteiger partial charge on any atom is -0.456 e. The Hall–Kier alpha value is -3.89. The Morgan fingerprint density at radius 1 is 1.30 bits per heavy atom. The highest BCUT2D eigenvalue weighted by molar-refractivity contribution is 5.97. The first kappa shape index (κ1) is 26.2. The lowest BCUT2D eigenvalue weighted by molar-refractivity contribution is -0.155. The molecule has 1 unspecified atom stereocenters. The summed E-state index contributed by atoms with van der Waals surface area (Å²) in [4.78, 5) is 29.2. The van der Waals surface area contributed by atoms with Crippen LogP contribution in [0, 0.1) is 17.2 Å². The molecule has 1 amide bonds. The average Bonchev–Trinajstić information content (AvgIpc) is 3.44. The highest BCUT2D eigenvalue weighted by Gasteiger charge is 2.59. The van der Waals surface area contributed by atoms with Gasteiger partial charge in [0.25, 0.3) is 0 Å². The van der Waals surface area contributed by atoms with Crippen molar-refractivity contribution in [2.45, 2.75) is 50.2 Å². The second-order valence-electron chi connectivity index (χ2n) is 9.13. The van der Waals surface area contributed by atoms with E-state index in [2.05, 4.69) is 15.4 Å². The van der Waals surface area contributed by atoms with E-state index in [0.29, 0.717) is 11.1 Å². The summed E-state index contributed by atoms with van der Waals surface area (Å²) in [6.07, 6.45) is -3.05. The number of nitriles is 1. The zero-order valence-electron chi connectivity index (χ0n) is 20.3. The van der Waals surface area contributed by atoms with Gasteiger partial charge in [-0.15, -0.1) is 0 Å². The van der Waals surface area contributed by atoms with Gasteiger partial charge in [0, 0.05) is 0 Å².